The number of hydrogen-bond donors (Lipinski definition) is 2. The van der Waals surface area contributed by atoms with Gasteiger partial charge in [-0.05, 0) is 13.0 Å². The van der Waals surface area contributed by atoms with Crippen molar-refractivity contribution in [2.24, 2.45) is 0 Å². The van der Waals surface area contributed by atoms with E-state index in [2.05, 4.69) is 35.3 Å². The Kier molecular flexibility index (Phi) is 6.51. The van der Waals surface area contributed by atoms with Crippen LogP contribution in [0.15, 0.2) is 36.5 Å². The summed E-state index contributed by atoms with van der Waals surface area (Å²) in [7, 11) is 0. The third-order valence-corrected chi connectivity index (χ3v) is 3.93. The zero-order chi connectivity index (χ0) is 23.5. The van der Waals surface area contributed by atoms with Crippen LogP contribution in [0, 0.1) is 6.92 Å². The van der Waals surface area contributed by atoms with Gasteiger partial charge in [0.15, 0.2) is 0 Å². The highest BCUT2D eigenvalue weighted by Gasteiger charge is 2.29. The first-order valence-electron chi connectivity index (χ1n) is 9.22. The van der Waals surface area contributed by atoms with Crippen molar-refractivity contribution in [1.29, 1.82) is 0 Å². The first-order valence-corrected chi connectivity index (χ1v) is 9.22. The lowest BCUT2D eigenvalue weighted by atomic mass is 10.1. The Morgan fingerprint density at radius 1 is 1.12 bits per heavy atom. The third-order valence-electron chi connectivity index (χ3n) is 3.93. The predicted octanol–water partition coefficient (Wildman–Crippen LogP) is 4.66. The minimum atomic E-state index is -3.27. The zero-order valence-electron chi connectivity index (χ0n) is 17.2. The number of carbonyl (C=O) groups excluding carboxylic acids is 1. The van der Waals surface area contributed by atoms with Crippen LogP contribution in [0.5, 0.6) is 5.88 Å². The van der Waals surface area contributed by atoms with E-state index in [9.17, 15) is 22.4 Å². The number of pyridine rings is 2. The highest BCUT2D eigenvalue weighted by molar-refractivity contribution is 5.89. The summed E-state index contributed by atoms with van der Waals surface area (Å²) in [6, 6.07) is 7.11. The molecule has 2 N–H and O–H groups in total. The quantitative estimate of drug-likeness (QED) is 0.505. The van der Waals surface area contributed by atoms with E-state index in [1.807, 2.05) is 0 Å². The summed E-state index contributed by atoms with van der Waals surface area (Å²) in [5.41, 5.74) is 1.09. The average molecular weight is 450 g/mol. The van der Waals surface area contributed by atoms with Crippen LogP contribution in [0.1, 0.15) is 25.4 Å². The minimum Gasteiger partial charge on any atom is -0.417 e. The summed E-state index contributed by atoms with van der Waals surface area (Å²) in [4.78, 5) is 27.2. The molecule has 0 saturated carbocycles. The van der Waals surface area contributed by atoms with Crippen LogP contribution >= 0.6 is 0 Å². The van der Waals surface area contributed by atoms with Gasteiger partial charge in [-0.25, -0.2) is 19.9 Å². The SMILES string of the molecule is CC(=O)Nc1cc(Nc2cc(C)nc(C(C)(F)F)n2)c(-c2cccc(OC(F)F)n2)cn1. The van der Waals surface area contributed by atoms with Crippen molar-refractivity contribution in [3.63, 3.8) is 0 Å². The molecule has 3 rings (SSSR count). The van der Waals surface area contributed by atoms with E-state index < -0.39 is 18.4 Å². The minimum absolute atomic E-state index is 0.0511. The van der Waals surface area contributed by atoms with Gasteiger partial charge in [-0.2, -0.15) is 17.6 Å². The molecule has 0 aliphatic heterocycles. The number of amides is 1. The van der Waals surface area contributed by atoms with Crippen molar-refractivity contribution >= 4 is 23.2 Å². The van der Waals surface area contributed by atoms with Crippen LogP contribution in [0.2, 0.25) is 0 Å². The predicted molar refractivity (Wildman–Crippen MR) is 108 cm³/mol. The summed E-state index contributed by atoms with van der Waals surface area (Å²) in [6.07, 6.45) is 1.34. The van der Waals surface area contributed by atoms with Crippen LogP contribution in [0.3, 0.4) is 0 Å². The molecule has 0 spiro atoms. The molecule has 8 nitrogen and oxygen atoms in total. The second-order valence-corrected chi connectivity index (χ2v) is 6.77. The Balaban J connectivity index is 2.07. The molecule has 32 heavy (non-hydrogen) atoms. The van der Waals surface area contributed by atoms with Gasteiger partial charge in [0.1, 0.15) is 11.6 Å². The van der Waals surface area contributed by atoms with E-state index in [1.54, 1.807) is 0 Å². The fourth-order valence-corrected chi connectivity index (χ4v) is 2.70. The Morgan fingerprint density at radius 3 is 2.53 bits per heavy atom. The number of nitrogens with one attached hydrogen (secondary N) is 2. The highest BCUT2D eigenvalue weighted by Crippen LogP contribution is 2.32. The van der Waals surface area contributed by atoms with Crippen LogP contribution < -0.4 is 15.4 Å². The van der Waals surface area contributed by atoms with Gasteiger partial charge in [-0.15, -0.1) is 0 Å². The maximum Gasteiger partial charge on any atom is 0.388 e. The Morgan fingerprint density at radius 2 is 1.88 bits per heavy atom. The van der Waals surface area contributed by atoms with E-state index in [0.717, 1.165) is 0 Å². The molecule has 168 valence electrons. The number of aromatic nitrogens is 4. The fraction of sp³-hybridized carbons (Fsp3) is 0.250. The van der Waals surface area contributed by atoms with Gasteiger partial charge in [-0.3, -0.25) is 4.79 Å². The lowest BCUT2D eigenvalue weighted by Crippen LogP contribution is -2.14. The largest absolute Gasteiger partial charge is 0.417 e. The molecular weight excluding hydrogens is 432 g/mol. The number of alkyl halides is 4. The third kappa shape index (κ3) is 5.86. The molecule has 0 bridgehead atoms. The summed E-state index contributed by atoms with van der Waals surface area (Å²) < 4.78 is 57.0. The molecular formula is C20H18F4N6O2. The van der Waals surface area contributed by atoms with E-state index in [4.69, 9.17) is 0 Å². The van der Waals surface area contributed by atoms with Crippen LogP contribution in [0.25, 0.3) is 11.3 Å². The first kappa shape index (κ1) is 22.8. The number of hydrogen-bond acceptors (Lipinski definition) is 7. The Hall–Kier alpha value is -3.83. The molecule has 3 heterocycles. The number of halogens is 4. The van der Waals surface area contributed by atoms with Gasteiger partial charge < -0.3 is 15.4 Å². The average Bonchev–Trinajstić information content (AvgIpc) is 2.66. The van der Waals surface area contributed by atoms with Crippen molar-refractivity contribution in [3.8, 4) is 17.1 Å². The summed E-state index contributed by atoms with van der Waals surface area (Å²) in [6.45, 7) is 0.439. The van der Waals surface area contributed by atoms with Gasteiger partial charge in [0.25, 0.3) is 0 Å². The van der Waals surface area contributed by atoms with E-state index in [0.29, 0.717) is 18.2 Å². The standard InChI is InChI=1S/C20H18F4N6O2/c1-10-7-16(30-18(26-10)20(3,23)24)28-14-8-15(27-11(2)31)25-9-12(14)13-5-4-6-17(29-13)32-19(21)22/h4-9,19H,1-3H3,(H2,25,26,27,28,30,31). The van der Waals surface area contributed by atoms with Gasteiger partial charge in [0, 0.05) is 49.5 Å². The van der Waals surface area contributed by atoms with Crippen molar-refractivity contribution in [3.05, 3.63) is 48.0 Å². The Bertz CT molecular complexity index is 1140. The number of nitrogens with zero attached hydrogens (tertiary/aromatic N) is 4. The zero-order valence-corrected chi connectivity index (χ0v) is 17.2. The molecule has 0 saturated heterocycles. The smallest absolute Gasteiger partial charge is 0.388 e. The lowest BCUT2D eigenvalue weighted by molar-refractivity contribution is -0.114. The van der Waals surface area contributed by atoms with E-state index in [1.165, 1.54) is 50.4 Å². The van der Waals surface area contributed by atoms with Crippen molar-refractivity contribution in [2.75, 3.05) is 10.6 Å². The second-order valence-electron chi connectivity index (χ2n) is 6.77. The molecule has 0 aliphatic rings. The van der Waals surface area contributed by atoms with Crippen molar-refractivity contribution in [1.82, 2.24) is 19.9 Å². The van der Waals surface area contributed by atoms with Crippen LogP contribution in [-0.2, 0) is 10.7 Å². The van der Waals surface area contributed by atoms with Gasteiger partial charge in [0.2, 0.25) is 17.6 Å². The van der Waals surface area contributed by atoms with Crippen LogP contribution in [-0.4, -0.2) is 32.5 Å². The fourth-order valence-electron chi connectivity index (χ4n) is 2.70. The van der Waals surface area contributed by atoms with Crippen molar-refractivity contribution in [2.45, 2.75) is 33.3 Å². The number of carbonyl (C=O) groups is 1. The summed E-state index contributed by atoms with van der Waals surface area (Å²) in [5, 5.41) is 5.40. The number of aryl methyl sites for hydroxylation is 1. The van der Waals surface area contributed by atoms with Crippen LogP contribution in [0.4, 0.5) is 34.9 Å². The monoisotopic (exact) mass is 450 g/mol. The first-order chi connectivity index (χ1) is 15.0. The maximum absolute atomic E-state index is 13.8. The maximum atomic E-state index is 13.8. The number of ether oxygens (including phenoxy) is 1. The molecule has 3 aromatic rings. The molecule has 12 heteroatoms. The van der Waals surface area contributed by atoms with Gasteiger partial charge >= 0.3 is 12.5 Å². The lowest BCUT2D eigenvalue weighted by Gasteiger charge is -2.16. The molecule has 0 radical (unpaired) electrons. The molecule has 0 aliphatic carbocycles. The highest BCUT2D eigenvalue weighted by atomic mass is 19.3. The number of anilines is 3. The summed E-state index contributed by atoms with van der Waals surface area (Å²) >= 11 is 0. The Labute approximate surface area is 180 Å². The molecule has 0 aromatic carbocycles. The van der Waals surface area contributed by atoms with Crippen molar-refractivity contribution < 1.29 is 27.1 Å². The molecule has 0 fully saturated rings. The van der Waals surface area contributed by atoms with E-state index >= 15 is 0 Å². The normalized spacial score (nSPS) is 11.4. The topological polar surface area (TPSA) is 102 Å². The molecule has 0 atom stereocenters. The van der Waals surface area contributed by atoms with Gasteiger partial charge in [-0.1, -0.05) is 6.07 Å². The number of rotatable bonds is 7. The molecule has 3 aromatic heterocycles. The van der Waals surface area contributed by atoms with Gasteiger partial charge in [0.05, 0.1) is 11.4 Å². The van der Waals surface area contributed by atoms with E-state index in [-0.39, 0.29) is 34.8 Å². The molecule has 1 amide bonds. The molecule has 0 unspecified atom stereocenters. The second kappa shape index (κ2) is 9.12. The summed E-state index contributed by atoms with van der Waals surface area (Å²) in [5.74, 6) is -4.44.